The van der Waals surface area contributed by atoms with E-state index in [0.717, 1.165) is 12.1 Å². The van der Waals surface area contributed by atoms with E-state index in [1.165, 1.54) is 5.69 Å². The van der Waals surface area contributed by atoms with Crippen LogP contribution in [0.15, 0.2) is 0 Å². The highest BCUT2D eigenvalue weighted by atomic mass is 15.4. The molecule has 74 valence electrons. The molecule has 0 unspecified atom stereocenters. The lowest BCUT2D eigenvalue weighted by atomic mass is 10.1. The summed E-state index contributed by atoms with van der Waals surface area (Å²) in [5, 5.41) is 8.33. The Balaban J connectivity index is 2.86. The molecule has 0 saturated heterocycles. The van der Waals surface area contributed by atoms with Crippen molar-refractivity contribution in [2.24, 2.45) is 5.92 Å². The zero-order valence-corrected chi connectivity index (χ0v) is 9.20. The van der Waals surface area contributed by atoms with E-state index < -0.39 is 0 Å². The van der Waals surface area contributed by atoms with Crippen LogP contribution in [0.4, 0.5) is 0 Å². The molecule has 1 rings (SSSR count). The zero-order chi connectivity index (χ0) is 10.0. The summed E-state index contributed by atoms with van der Waals surface area (Å²) in [6, 6.07) is 0.411. The number of hydrogen-bond donors (Lipinski definition) is 0. The van der Waals surface area contributed by atoms with Crippen molar-refractivity contribution in [3.05, 3.63) is 11.4 Å². The molecule has 13 heavy (non-hydrogen) atoms. The Morgan fingerprint density at radius 1 is 1.23 bits per heavy atom. The summed E-state index contributed by atoms with van der Waals surface area (Å²) in [6.07, 6.45) is 1.03. The van der Waals surface area contributed by atoms with Crippen LogP contribution in [0.3, 0.4) is 0 Å². The fourth-order valence-corrected chi connectivity index (χ4v) is 1.44. The second-order valence-electron chi connectivity index (χ2n) is 4.26. The number of rotatable bonds is 3. The summed E-state index contributed by atoms with van der Waals surface area (Å²) < 4.78 is 1.98. The van der Waals surface area contributed by atoms with Gasteiger partial charge in [-0.1, -0.05) is 19.1 Å². The van der Waals surface area contributed by atoms with E-state index in [2.05, 4.69) is 44.9 Å². The number of hydrogen-bond acceptors (Lipinski definition) is 2. The first kappa shape index (κ1) is 10.2. The van der Waals surface area contributed by atoms with Crippen LogP contribution in [0.5, 0.6) is 0 Å². The van der Waals surface area contributed by atoms with Crippen molar-refractivity contribution in [2.75, 3.05) is 0 Å². The molecular formula is C10H19N3. The topological polar surface area (TPSA) is 30.7 Å². The van der Waals surface area contributed by atoms with Crippen LogP contribution in [0, 0.1) is 12.8 Å². The van der Waals surface area contributed by atoms with Crippen LogP contribution in [0.1, 0.15) is 45.1 Å². The van der Waals surface area contributed by atoms with E-state index >= 15 is 0 Å². The molecule has 0 atom stereocenters. The van der Waals surface area contributed by atoms with Gasteiger partial charge in [-0.3, -0.25) is 0 Å². The van der Waals surface area contributed by atoms with Crippen molar-refractivity contribution in [2.45, 2.75) is 47.1 Å². The summed E-state index contributed by atoms with van der Waals surface area (Å²) in [7, 11) is 0. The molecule has 1 heterocycles. The van der Waals surface area contributed by atoms with Crippen LogP contribution < -0.4 is 0 Å². The van der Waals surface area contributed by atoms with Crippen molar-refractivity contribution in [1.29, 1.82) is 0 Å². The lowest BCUT2D eigenvalue weighted by Gasteiger charge is -2.07. The second kappa shape index (κ2) is 3.90. The molecule has 0 spiro atoms. The van der Waals surface area contributed by atoms with Crippen LogP contribution >= 0.6 is 0 Å². The van der Waals surface area contributed by atoms with Gasteiger partial charge in [0.2, 0.25) is 0 Å². The third-order valence-electron chi connectivity index (χ3n) is 2.11. The molecule has 3 nitrogen and oxygen atoms in total. The number of nitrogens with zero attached hydrogens (tertiary/aromatic N) is 3. The fourth-order valence-electron chi connectivity index (χ4n) is 1.44. The summed E-state index contributed by atoms with van der Waals surface area (Å²) >= 11 is 0. The highest BCUT2D eigenvalue weighted by Crippen LogP contribution is 2.13. The molecule has 0 fully saturated rings. The van der Waals surface area contributed by atoms with Gasteiger partial charge < -0.3 is 0 Å². The second-order valence-corrected chi connectivity index (χ2v) is 4.26. The van der Waals surface area contributed by atoms with E-state index in [4.69, 9.17) is 0 Å². The maximum Gasteiger partial charge on any atom is 0.0858 e. The van der Waals surface area contributed by atoms with Gasteiger partial charge in [0.1, 0.15) is 0 Å². The lowest BCUT2D eigenvalue weighted by Crippen LogP contribution is -2.05. The summed E-state index contributed by atoms with van der Waals surface area (Å²) in [5.74, 6) is 0.649. The first-order valence-corrected chi connectivity index (χ1v) is 4.93. The Kier molecular flexibility index (Phi) is 3.07. The smallest absolute Gasteiger partial charge is 0.0858 e. The summed E-state index contributed by atoms with van der Waals surface area (Å²) in [4.78, 5) is 0. The van der Waals surface area contributed by atoms with Gasteiger partial charge in [0.25, 0.3) is 0 Å². The largest absolute Gasteiger partial charge is 0.247 e. The Labute approximate surface area is 80.1 Å². The standard InChI is InChI=1S/C10H19N3/c1-7(2)6-10-9(5)13(8(3)4)12-11-10/h7-8H,6H2,1-5H3. The first-order chi connectivity index (χ1) is 6.02. The van der Waals surface area contributed by atoms with E-state index in [1.54, 1.807) is 0 Å². The minimum atomic E-state index is 0.411. The molecule has 0 aliphatic rings. The van der Waals surface area contributed by atoms with Crippen molar-refractivity contribution in [3.63, 3.8) is 0 Å². The molecule has 0 bridgehead atoms. The highest BCUT2D eigenvalue weighted by molar-refractivity contribution is 5.08. The SMILES string of the molecule is Cc1c(CC(C)C)nnn1C(C)C. The van der Waals surface area contributed by atoms with Crippen LogP contribution in [-0.2, 0) is 6.42 Å². The molecule has 0 amide bonds. The minimum absolute atomic E-state index is 0.411. The van der Waals surface area contributed by atoms with Gasteiger partial charge in [-0.25, -0.2) is 4.68 Å². The van der Waals surface area contributed by atoms with E-state index in [-0.39, 0.29) is 0 Å². The molecule has 0 aromatic carbocycles. The molecule has 1 aromatic heterocycles. The quantitative estimate of drug-likeness (QED) is 0.716. The van der Waals surface area contributed by atoms with Gasteiger partial charge in [0.15, 0.2) is 0 Å². The van der Waals surface area contributed by atoms with Crippen LogP contribution in [0.2, 0.25) is 0 Å². The van der Waals surface area contributed by atoms with Gasteiger partial charge in [-0.05, 0) is 33.1 Å². The van der Waals surface area contributed by atoms with E-state index in [1.807, 2.05) is 4.68 Å². The average molecular weight is 181 g/mol. The molecule has 0 aliphatic carbocycles. The third kappa shape index (κ3) is 2.29. The van der Waals surface area contributed by atoms with E-state index in [0.29, 0.717) is 12.0 Å². The molecule has 1 aromatic rings. The Hall–Kier alpha value is -0.860. The molecular weight excluding hydrogens is 162 g/mol. The zero-order valence-electron chi connectivity index (χ0n) is 9.20. The lowest BCUT2D eigenvalue weighted by molar-refractivity contribution is 0.502. The predicted molar refractivity (Wildman–Crippen MR) is 53.7 cm³/mol. The molecule has 0 radical (unpaired) electrons. The average Bonchev–Trinajstić information content (AvgIpc) is 2.32. The molecule has 0 saturated carbocycles. The van der Waals surface area contributed by atoms with Crippen molar-refractivity contribution < 1.29 is 0 Å². The molecule has 3 heteroatoms. The molecule has 0 aliphatic heterocycles. The van der Waals surface area contributed by atoms with Gasteiger partial charge >= 0.3 is 0 Å². The predicted octanol–water partition coefficient (Wildman–Crippen LogP) is 2.37. The normalized spacial score (nSPS) is 11.6. The Bertz CT molecular complexity index is 274. The van der Waals surface area contributed by atoms with Crippen LogP contribution in [-0.4, -0.2) is 15.0 Å². The van der Waals surface area contributed by atoms with Gasteiger partial charge in [-0.15, -0.1) is 5.10 Å². The third-order valence-corrected chi connectivity index (χ3v) is 2.11. The minimum Gasteiger partial charge on any atom is -0.247 e. The highest BCUT2D eigenvalue weighted by Gasteiger charge is 2.11. The van der Waals surface area contributed by atoms with Gasteiger partial charge in [0, 0.05) is 6.04 Å². The van der Waals surface area contributed by atoms with Crippen molar-refractivity contribution >= 4 is 0 Å². The van der Waals surface area contributed by atoms with Crippen LogP contribution in [0.25, 0.3) is 0 Å². The summed E-state index contributed by atoms with van der Waals surface area (Å²) in [6.45, 7) is 10.8. The Morgan fingerprint density at radius 3 is 2.23 bits per heavy atom. The summed E-state index contributed by atoms with van der Waals surface area (Å²) in [5.41, 5.74) is 2.35. The van der Waals surface area contributed by atoms with Gasteiger partial charge in [-0.2, -0.15) is 0 Å². The first-order valence-electron chi connectivity index (χ1n) is 4.93. The van der Waals surface area contributed by atoms with Crippen molar-refractivity contribution in [3.8, 4) is 0 Å². The Morgan fingerprint density at radius 2 is 1.85 bits per heavy atom. The van der Waals surface area contributed by atoms with Gasteiger partial charge in [0.05, 0.1) is 11.4 Å². The fraction of sp³-hybridized carbons (Fsp3) is 0.800. The molecule has 0 N–H and O–H groups in total. The van der Waals surface area contributed by atoms with E-state index in [9.17, 15) is 0 Å². The maximum absolute atomic E-state index is 4.19. The monoisotopic (exact) mass is 181 g/mol. The maximum atomic E-state index is 4.19. The number of aromatic nitrogens is 3. The van der Waals surface area contributed by atoms with Crippen molar-refractivity contribution in [1.82, 2.24) is 15.0 Å².